The highest BCUT2D eigenvalue weighted by Crippen LogP contribution is 2.09. The Morgan fingerprint density at radius 1 is 1.53 bits per heavy atom. The van der Waals surface area contributed by atoms with Crippen molar-refractivity contribution in [3.63, 3.8) is 0 Å². The summed E-state index contributed by atoms with van der Waals surface area (Å²) in [5.74, 6) is 0.760. The molecule has 0 saturated carbocycles. The van der Waals surface area contributed by atoms with Crippen LogP contribution in [-0.4, -0.2) is 35.3 Å². The quantitative estimate of drug-likeness (QED) is 0.571. The summed E-state index contributed by atoms with van der Waals surface area (Å²) >= 11 is 6.95. The molecule has 1 amide bonds. The summed E-state index contributed by atoms with van der Waals surface area (Å²) in [6, 6.07) is 0. The van der Waals surface area contributed by atoms with Crippen LogP contribution in [0.4, 0.5) is 0 Å². The topological polar surface area (TPSA) is 33.2 Å². The summed E-state index contributed by atoms with van der Waals surface area (Å²) in [7, 11) is 1.82. The monoisotopic (exact) mass is 246 g/mol. The van der Waals surface area contributed by atoms with Gasteiger partial charge in [0.2, 0.25) is 0 Å². The van der Waals surface area contributed by atoms with Gasteiger partial charge in [-0.15, -0.1) is 22.9 Å². The molecule has 0 fully saturated rings. The molecule has 0 spiro atoms. The minimum atomic E-state index is 0.0587. The van der Waals surface area contributed by atoms with Crippen LogP contribution in [0, 0.1) is 0 Å². The average molecular weight is 247 g/mol. The number of carbonyl (C=O) groups is 1. The maximum Gasteiger partial charge on any atom is 0.265 e. The minimum Gasteiger partial charge on any atom is -0.341 e. The molecule has 5 heteroatoms. The van der Waals surface area contributed by atoms with Crippen LogP contribution in [0.25, 0.3) is 0 Å². The SMILES string of the molecule is CN(CCCCCCl)C(=O)c1cncs1. The number of halogens is 1. The lowest BCUT2D eigenvalue weighted by Gasteiger charge is -2.15. The first-order chi connectivity index (χ1) is 7.25. The van der Waals surface area contributed by atoms with Crippen molar-refractivity contribution in [3.8, 4) is 0 Å². The van der Waals surface area contributed by atoms with Gasteiger partial charge in [-0.3, -0.25) is 9.78 Å². The van der Waals surface area contributed by atoms with Crippen molar-refractivity contribution in [2.75, 3.05) is 19.5 Å². The van der Waals surface area contributed by atoms with Crippen molar-refractivity contribution in [1.29, 1.82) is 0 Å². The number of aromatic nitrogens is 1. The molecule has 0 N–H and O–H groups in total. The van der Waals surface area contributed by atoms with E-state index < -0.39 is 0 Å². The normalized spacial score (nSPS) is 10.3. The Morgan fingerprint density at radius 3 is 2.93 bits per heavy atom. The lowest BCUT2D eigenvalue weighted by molar-refractivity contribution is 0.0797. The highest BCUT2D eigenvalue weighted by molar-refractivity contribution is 7.11. The van der Waals surface area contributed by atoms with E-state index in [0.29, 0.717) is 10.8 Å². The van der Waals surface area contributed by atoms with Crippen LogP contribution in [0.1, 0.15) is 28.9 Å². The largest absolute Gasteiger partial charge is 0.341 e. The number of alkyl halides is 1. The van der Waals surface area contributed by atoms with E-state index in [1.165, 1.54) is 11.3 Å². The highest BCUT2D eigenvalue weighted by Gasteiger charge is 2.12. The molecule has 0 aliphatic heterocycles. The highest BCUT2D eigenvalue weighted by atomic mass is 35.5. The third-order valence-electron chi connectivity index (χ3n) is 2.12. The van der Waals surface area contributed by atoms with E-state index in [0.717, 1.165) is 25.8 Å². The number of rotatable bonds is 6. The molecule has 0 bridgehead atoms. The van der Waals surface area contributed by atoms with Gasteiger partial charge in [0.05, 0.1) is 11.7 Å². The molecule has 0 saturated heterocycles. The van der Waals surface area contributed by atoms with Gasteiger partial charge in [-0.1, -0.05) is 6.42 Å². The van der Waals surface area contributed by atoms with E-state index >= 15 is 0 Å². The first-order valence-corrected chi connectivity index (χ1v) is 6.37. The number of carbonyl (C=O) groups excluding carboxylic acids is 1. The molecule has 0 aromatic carbocycles. The molecule has 84 valence electrons. The number of amides is 1. The van der Waals surface area contributed by atoms with Crippen LogP contribution in [0.3, 0.4) is 0 Å². The molecule has 0 radical (unpaired) electrons. The van der Waals surface area contributed by atoms with Crippen LogP contribution in [-0.2, 0) is 0 Å². The van der Waals surface area contributed by atoms with Gasteiger partial charge >= 0.3 is 0 Å². The van der Waals surface area contributed by atoms with Gasteiger partial charge in [-0.25, -0.2) is 0 Å². The smallest absolute Gasteiger partial charge is 0.265 e. The fraction of sp³-hybridized carbons (Fsp3) is 0.600. The van der Waals surface area contributed by atoms with E-state index in [1.807, 2.05) is 7.05 Å². The third-order valence-corrected chi connectivity index (χ3v) is 3.15. The predicted molar refractivity (Wildman–Crippen MR) is 63.6 cm³/mol. The fourth-order valence-corrected chi connectivity index (χ4v) is 2.03. The molecular weight excluding hydrogens is 232 g/mol. The van der Waals surface area contributed by atoms with Crippen molar-refractivity contribution in [3.05, 3.63) is 16.6 Å². The predicted octanol–water partition coefficient (Wildman–Crippen LogP) is 2.62. The summed E-state index contributed by atoms with van der Waals surface area (Å²) < 4.78 is 0. The number of hydrogen-bond acceptors (Lipinski definition) is 3. The zero-order valence-electron chi connectivity index (χ0n) is 8.78. The number of thiazole rings is 1. The Bertz CT molecular complexity index is 290. The Balaban J connectivity index is 2.28. The van der Waals surface area contributed by atoms with Gasteiger partial charge < -0.3 is 4.90 Å². The first kappa shape index (κ1) is 12.5. The Hall–Kier alpha value is -0.610. The molecule has 0 aliphatic rings. The second kappa shape index (κ2) is 6.80. The van der Waals surface area contributed by atoms with Gasteiger partial charge in [-0.2, -0.15) is 0 Å². The average Bonchev–Trinajstić information content (AvgIpc) is 2.76. The number of nitrogens with zero attached hydrogens (tertiary/aromatic N) is 2. The molecular formula is C10H15ClN2OS. The van der Waals surface area contributed by atoms with Gasteiger partial charge in [0, 0.05) is 19.5 Å². The Kier molecular flexibility index (Phi) is 5.65. The van der Waals surface area contributed by atoms with Crippen molar-refractivity contribution in [2.24, 2.45) is 0 Å². The lowest BCUT2D eigenvalue weighted by Crippen LogP contribution is -2.27. The zero-order chi connectivity index (χ0) is 11.1. The Labute approximate surface area is 99.1 Å². The Morgan fingerprint density at radius 2 is 2.33 bits per heavy atom. The maximum absolute atomic E-state index is 11.7. The van der Waals surface area contributed by atoms with Gasteiger partial charge in [0.1, 0.15) is 4.88 Å². The van der Waals surface area contributed by atoms with Crippen molar-refractivity contribution < 1.29 is 4.79 Å². The molecule has 15 heavy (non-hydrogen) atoms. The summed E-state index contributed by atoms with van der Waals surface area (Å²) in [4.78, 5) is 18.1. The molecule has 0 unspecified atom stereocenters. The van der Waals surface area contributed by atoms with Crippen LogP contribution >= 0.6 is 22.9 Å². The number of hydrogen-bond donors (Lipinski definition) is 0. The second-order valence-electron chi connectivity index (χ2n) is 3.34. The molecule has 1 heterocycles. The zero-order valence-corrected chi connectivity index (χ0v) is 10.4. The van der Waals surface area contributed by atoms with E-state index in [9.17, 15) is 4.79 Å². The summed E-state index contributed by atoms with van der Waals surface area (Å²) in [6.45, 7) is 0.785. The van der Waals surface area contributed by atoms with Crippen LogP contribution in [0.2, 0.25) is 0 Å². The van der Waals surface area contributed by atoms with E-state index in [2.05, 4.69) is 4.98 Å². The summed E-state index contributed by atoms with van der Waals surface area (Å²) in [5, 5.41) is 0. The molecule has 1 aromatic heterocycles. The van der Waals surface area contributed by atoms with E-state index in [1.54, 1.807) is 16.6 Å². The van der Waals surface area contributed by atoms with E-state index in [4.69, 9.17) is 11.6 Å². The second-order valence-corrected chi connectivity index (χ2v) is 4.61. The van der Waals surface area contributed by atoms with Crippen LogP contribution in [0.15, 0.2) is 11.7 Å². The van der Waals surface area contributed by atoms with Crippen molar-refractivity contribution >= 4 is 28.8 Å². The molecule has 1 rings (SSSR count). The molecule has 0 atom stereocenters. The maximum atomic E-state index is 11.7. The van der Waals surface area contributed by atoms with Gasteiger partial charge in [0.25, 0.3) is 5.91 Å². The van der Waals surface area contributed by atoms with Gasteiger partial charge in [-0.05, 0) is 12.8 Å². The van der Waals surface area contributed by atoms with Crippen LogP contribution < -0.4 is 0 Å². The standard InChI is InChI=1S/C10H15ClN2OS/c1-13(6-4-2-3-5-11)10(14)9-7-12-8-15-9/h7-8H,2-6H2,1H3. The van der Waals surface area contributed by atoms with E-state index in [-0.39, 0.29) is 5.91 Å². The third kappa shape index (κ3) is 4.18. The van der Waals surface area contributed by atoms with Gasteiger partial charge in [0.15, 0.2) is 0 Å². The van der Waals surface area contributed by atoms with Crippen molar-refractivity contribution in [2.45, 2.75) is 19.3 Å². The minimum absolute atomic E-state index is 0.0587. The molecule has 0 aliphatic carbocycles. The van der Waals surface area contributed by atoms with Crippen LogP contribution in [0.5, 0.6) is 0 Å². The first-order valence-electron chi connectivity index (χ1n) is 4.95. The summed E-state index contributed by atoms with van der Waals surface area (Å²) in [6.07, 6.45) is 4.71. The van der Waals surface area contributed by atoms with Crippen molar-refractivity contribution in [1.82, 2.24) is 9.88 Å². The lowest BCUT2D eigenvalue weighted by atomic mass is 10.2. The summed E-state index contributed by atoms with van der Waals surface area (Å²) in [5.41, 5.74) is 1.68. The number of unbranched alkanes of at least 4 members (excludes halogenated alkanes) is 2. The fourth-order valence-electron chi connectivity index (χ4n) is 1.23. The molecule has 1 aromatic rings. The molecule has 3 nitrogen and oxygen atoms in total.